The van der Waals surface area contributed by atoms with E-state index >= 15 is 0 Å². The van der Waals surface area contributed by atoms with Crippen LogP contribution in [0.3, 0.4) is 0 Å². The van der Waals surface area contributed by atoms with Gasteiger partial charge in [0.15, 0.2) is 0 Å². The van der Waals surface area contributed by atoms with Crippen LogP contribution in [0.4, 0.5) is 0 Å². The molecule has 8 heavy (non-hydrogen) atoms. The van der Waals surface area contributed by atoms with Gasteiger partial charge < -0.3 is 24.7 Å². The summed E-state index contributed by atoms with van der Waals surface area (Å²) in [6.45, 7) is 0. The molecule has 8 heteroatoms. The van der Waals surface area contributed by atoms with Gasteiger partial charge in [-0.05, 0) is 0 Å². The number of hydrogen-bond donors (Lipinski definition) is 0. The summed E-state index contributed by atoms with van der Waals surface area (Å²) in [5, 5.41) is 36.6. The first-order valence-electron chi connectivity index (χ1n) is 1.41. The molecule has 5 nitrogen and oxygen atoms in total. The van der Waals surface area contributed by atoms with Gasteiger partial charge in [0.05, 0.1) is 0 Å². The summed E-state index contributed by atoms with van der Waals surface area (Å²) in [6.07, 6.45) is 0. The molecule has 0 aliphatic carbocycles. The van der Waals surface area contributed by atoms with Crippen molar-refractivity contribution in [3.8, 4) is 0 Å². The van der Waals surface area contributed by atoms with Crippen molar-refractivity contribution in [2.75, 3.05) is 0 Å². The summed E-state index contributed by atoms with van der Waals surface area (Å²) in [6, 6.07) is 0. The molecule has 0 aromatic heterocycles. The van der Waals surface area contributed by atoms with E-state index in [0.717, 1.165) is 0 Å². The molecule has 0 spiro atoms. The Morgan fingerprint density at radius 3 is 1.12 bits per heavy atom. The van der Waals surface area contributed by atoms with E-state index in [1.54, 1.807) is 0 Å². The third kappa shape index (κ3) is 9.81. The van der Waals surface area contributed by atoms with Crippen LogP contribution in [0.2, 0.25) is 0 Å². The topological polar surface area (TPSA) is 101 Å². The second-order valence-corrected chi connectivity index (χ2v) is 0.713. The van der Waals surface area contributed by atoms with Gasteiger partial charge in [-0.2, -0.15) is 0 Å². The molecule has 0 aromatic rings. The summed E-state index contributed by atoms with van der Waals surface area (Å²) >= 11 is 0. The van der Waals surface area contributed by atoms with Crippen molar-refractivity contribution in [2.24, 2.45) is 0 Å². The minimum atomic E-state index is -2.75. The molecule has 0 aliphatic rings. The van der Waals surface area contributed by atoms with Crippen molar-refractivity contribution in [1.82, 2.24) is 0 Å². The predicted octanol–water partition coefficient (Wildman–Crippen LogP) is -5.59. The Morgan fingerprint density at radius 2 is 1.12 bits per heavy atom. The quantitative estimate of drug-likeness (QED) is 0.364. The summed E-state index contributed by atoms with van der Waals surface area (Å²) in [4.78, 5) is 0. The van der Waals surface area contributed by atoms with Crippen molar-refractivity contribution in [3.05, 3.63) is 0 Å². The Morgan fingerprint density at radius 1 is 0.875 bits per heavy atom. The smallest absolute Gasteiger partial charge is 0.872 e. The maximum Gasteiger partial charge on any atom is 4.00 e. The summed E-state index contributed by atoms with van der Waals surface area (Å²) in [7, 11) is -5.50. The molecule has 0 radical (unpaired) electrons. The van der Waals surface area contributed by atoms with E-state index in [4.69, 9.17) is 20.1 Å². The molecule has 0 saturated heterocycles. The van der Waals surface area contributed by atoms with Crippen LogP contribution < -0.4 is 20.1 Å². The maximum atomic E-state index is 9.16. The Bertz CT molecular complexity index is 39.7. The molecule has 0 heterocycles. The zero-order valence-electron chi connectivity index (χ0n) is 3.70. The Balaban J connectivity index is 0. The molecular weight excluding hydrogens is 149 g/mol. The Hall–Kier alpha value is 0.644. The third-order valence-electron chi connectivity index (χ3n) is 0.222. The molecule has 0 rings (SSSR count). The molecule has 0 N–H and O–H groups in total. The van der Waals surface area contributed by atoms with Crippen LogP contribution >= 0.6 is 0 Å². The zero-order valence-corrected chi connectivity index (χ0v) is 5.26. The van der Waals surface area contributed by atoms with E-state index in [2.05, 4.69) is 4.57 Å². The van der Waals surface area contributed by atoms with Crippen LogP contribution in [-0.2, 0) is 26.3 Å². The molecule has 0 fully saturated rings. The minimum Gasteiger partial charge on any atom is -0.872 e. The summed E-state index contributed by atoms with van der Waals surface area (Å²) in [5.74, 6) is 0. The van der Waals surface area contributed by atoms with Crippen LogP contribution in [0.1, 0.15) is 0 Å². The predicted molar refractivity (Wildman–Crippen MR) is 12.6 cm³/mol. The van der Waals surface area contributed by atoms with E-state index < -0.39 is 14.6 Å². The minimum absolute atomic E-state index is 0. The van der Waals surface area contributed by atoms with E-state index in [9.17, 15) is 0 Å². The van der Waals surface area contributed by atoms with E-state index in [0.29, 0.717) is 0 Å². The van der Waals surface area contributed by atoms with Crippen molar-refractivity contribution in [1.29, 1.82) is 0 Å². The average Bonchev–Trinajstić information content (AvgIpc) is 1.27. The first-order chi connectivity index (χ1) is 3.13. The van der Waals surface area contributed by atoms with Gasteiger partial charge in [-0.25, -0.2) is 0 Å². The van der Waals surface area contributed by atoms with Gasteiger partial charge in [0.2, 0.25) is 0 Å². The van der Waals surface area contributed by atoms with Gasteiger partial charge >= 0.3 is 21.7 Å². The first-order valence-corrected chi connectivity index (χ1v) is 1.41. The van der Waals surface area contributed by atoms with Crippen LogP contribution in [0.15, 0.2) is 0 Å². The van der Waals surface area contributed by atoms with Crippen molar-refractivity contribution in [3.63, 3.8) is 0 Å². The fraction of sp³-hybridized carbons (Fsp3) is 0. The molecular formula is B2O5Ti. The number of hydrogen-bond acceptors (Lipinski definition) is 5. The normalized spacial score (nSPS) is 7.50. The Labute approximate surface area is 61.5 Å². The van der Waals surface area contributed by atoms with Gasteiger partial charge in [0.1, 0.15) is 0 Å². The van der Waals surface area contributed by atoms with Crippen LogP contribution in [-0.4, -0.2) is 14.6 Å². The second kappa shape index (κ2) is 5.77. The standard InChI is InChI=1S/B2O5.Ti/c3-1(4)7-2(5)6;/q-4;+4. The van der Waals surface area contributed by atoms with E-state index in [-0.39, 0.29) is 21.7 Å². The summed E-state index contributed by atoms with van der Waals surface area (Å²) in [5.41, 5.74) is 0. The molecule has 0 amide bonds. The van der Waals surface area contributed by atoms with Crippen LogP contribution in [0, 0.1) is 0 Å². The maximum absolute atomic E-state index is 9.16. The van der Waals surface area contributed by atoms with Gasteiger partial charge in [0.25, 0.3) is 0 Å². The van der Waals surface area contributed by atoms with Gasteiger partial charge in [-0.1, -0.05) is 0 Å². The fourth-order valence-corrected chi connectivity index (χ4v) is 0.0907. The van der Waals surface area contributed by atoms with Crippen molar-refractivity contribution >= 4 is 14.6 Å². The fourth-order valence-electron chi connectivity index (χ4n) is 0.0907. The molecule has 0 atom stereocenters. The third-order valence-corrected chi connectivity index (χ3v) is 0.222. The molecule has 0 aromatic carbocycles. The molecule has 40 valence electrons. The average molecular weight is 149 g/mol. The molecule has 0 saturated carbocycles. The Kier molecular flexibility index (Phi) is 8.26. The monoisotopic (exact) mass is 150 g/mol. The SMILES string of the molecule is [O-]B([O-])OB([O-])[O-].[Ti+4]. The van der Waals surface area contributed by atoms with Crippen LogP contribution in [0.5, 0.6) is 0 Å². The first kappa shape index (κ1) is 11.4. The van der Waals surface area contributed by atoms with E-state index in [1.807, 2.05) is 0 Å². The van der Waals surface area contributed by atoms with Crippen LogP contribution in [0.25, 0.3) is 0 Å². The zero-order chi connectivity index (χ0) is 5.86. The van der Waals surface area contributed by atoms with Crippen molar-refractivity contribution < 1.29 is 46.4 Å². The largest absolute Gasteiger partial charge is 4.00 e. The van der Waals surface area contributed by atoms with Gasteiger partial charge in [0, 0.05) is 14.6 Å². The van der Waals surface area contributed by atoms with Gasteiger partial charge in [-0.3, -0.25) is 0 Å². The molecule has 0 unspecified atom stereocenters. The van der Waals surface area contributed by atoms with Gasteiger partial charge in [-0.15, -0.1) is 0 Å². The second-order valence-electron chi connectivity index (χ2n) is 0.713. The van der Waals surface area contributed by atoms with E-state index in [1.165, 1.54) is 0 Å². The number of rotatable bonds is 2. The summed E-state index contributed by atoms with van der Waals surface area (Å²) < 4.78 is 3.03. The molecule has 0 aliphatic heterocycles. The van der Waals surface area contributed by atoms with Crippen molar-refractivity contribution in [2.45, 2.75) is 0 Å². The molecule has 0 bridgehead atoms.